The molecule has 80 valence electrons. The summed E-state index contributed by atoms with van der Waals surface area (Å²) in [6.45, 7) is 2.94. The van der Waals surface area contributed by atoms with Crippen LogP contribution in [0.1, 0.15) is 10.4 Å². The van der Waals surface area contributed by atoms with Crippen LogP contribution in [-0.4, -0.2) is 15.8 Å². The first-order valence-electron chi connectivity index (χ1n) is 4.40. The maximum Gasteiger partial charge on any atom is 0.187 e. The first-order valence-corrected chi connectivity index (χ1v) is 6.39. The van der Waals surface area contributed by atoms with E-state index in [9.17, 15) is 0 Å². The van der Waals surface area contributed by atoms with Crippen LogP contribution in [0.3, 0.4) is 0 Å². The summed E-state index contributed by atoms with van der Waals surface area (Å²) < 4.78 is 8.10. The van der Waals surface area contributed by atoms with Gasteiger partial charge < -0.3 is 4.90 Å². The van der Waals surface area contributed by atoms with Crippen molar-refractivity contribution in [1.29, 1.82) is 0 Å². The molecule has 3 nitrogen and oxygen atoms in total. The highest BCUT2D eigenvalue weighted by molar-refractivity contribution is 7.10. The van der Waals surface area contributed by atoms with Crippen LogP contribution in [0.2, 0.25) is 5.15 Å². The fraction of sp³-hybridized carbons (Fsp3) is 0.333. The first-order chi connectivity index (χ1) is 7.18. The quantitative estimate of drug-likeness (QED) is 0.848. The maximum absolute atomic E-state index is 5.91. The van der Waals surface area contributed by atoms with Crippen molar-refractivity contribution in [3.8, 4) is 0 Å². The second kappa shape index (κ2) is 4.47. The fourth-order valence-corrected chi connectivity index (χ4v) is 3.04. The van der Waals surface area contributed by atoms with E-state index in [4.69, 9.17) is 11.6 Å². The Kier molecular flexibility index (Phi) is 3.23. The summed E-state index contributed by atoms with van der Waals surface area (Å²) in [7, 11) is 1.97. The van der Waals surface area contributed by atoms with Crippen molar-refractivity contribution in [3.63, 3.8) is 0 Å². The van der Waals surface area contributed by atoms with E-state index >= 15 is 0 Å². The summed E-state index contributed by atoms with van der Waals surface area (Å²) >= 11 is 8.81. The van der Waals surface area contributed by atoms with Gasteiger partial charge in [-0.2, -0.15) is 8.75 Å². The van der Waals surface area contributed by atoms with Gasteiger partial charge in [-0.3, -0.25) is 0 Å². The Bertz CT molecular complexity index is 452. The Morgan fingerprint density at radius 1 is 1.47 bits per heavy atom. The van der Waals surface area contributed by atoms with E-state index in [1.54, 1.807) is 11.3 Å². The van der Waals surface area contributed by atoms with E-state index in [2.05, 4.69) is 27.1 Å². The minimum atomic E-state index is 0.483. The van der Waals surface area contributed by atoms with Gasteiger partial charge in [-0.25, -0.2) is 0 Å². The SMILES string of the molecule is Cc1ccsc1CN(C)c1nsnc1Cl. The van der Waals surface area contributed by atoms with Gasteiger partial charge in [0.1, 0.15) is 0 Å². The number of halogens is 1. The number of thiophene rings is 1. The number of hydrogen-bond acceptors (Lipinski definition) is 5. The number of aromatic nitrogens is 2. The number of hydrogen-bond donors (Lipinski definition) is 0. The highest BCUT2D eigenvalue weighted by atomic mass is 35.5. The predicted octanol–water partition coefficient (Wildman–Crippen LogP) is 3.20. The molecule has 0 radical (unpaired) electrons. The summed E-state index contributed by atoms with van der Waals surface area (Å²) in [5, 5.41) is 2.58. The van der Waals surface area contributed by atoms with Crippen LogP contribution in [-0.2, 0) is 6.54 Å². The lowest BCUT2D eigenvalue weighted by Crippen LogP contribution is -2.16. The average Bonchev–Trinajstić information content (AvgIpc) is 2.76. The molecule has 0 spiro atoms. The summed E-state index contributed by atoms with van der Waals surface area (Å²) in [5.41, 5.74) is 1.31. The zero-order chi connectivity index (χ0) is 10.8. The predicted molar refractivity (Wildman–Crippen MR) is 66.1 cm³/mol. The molecule has 15 heavy (non-hydrogen) atoms. The largest absolute Gasteiger partial charge is 0.351 e. The third kappa shape index (κ3) is 2.30. The van der Waals surface area contributed by atoms with E-state index in [0.29, 0.717) is 5.15 Å². The molecule has 2 rings (SSSR count). The molecule has 0 N–H and O–H groups in total. The Morgan fingerprint density at radius 2 is 2.27 bits per heavy atom. The Balaban J connectivity index is 2.14. The minimum absolute atomic E-state index is 0.483. The van der Waals surface area contributed by atoms with Gasteiger partial charge in [0.2, 0.25) is 0 Å². The van der Waals surface area contributed by atoms with E-state index in [1.165, 1.54) is 10.4 Å². The number of nitrogens with zero attached hydrogens (tertiary/aromatic N) is 3. The molecule has 0 saturated carbocycles. The lowest BCUT2D eigenvalue weighted by molar-refractivity contribution is 0.917. The maximum atomic E-state index is 5.91. The number of rotatable bonds is 3. The average molecular weight is 260 g/mol. The highest BCUT2D eigenvalue weighted by Crippen LogP contribution is 2.25. The van der Waals surface area contributed by atoms with Crippen molar-refractivity contribution in [2.45, 2.75) is 13.5 Å². The number of aryl methyl sites for hydroxylation is 1. The van der Waals surface area contributed by atoms with Crippen LogP contribution in [0.25, 0.3) is 0 Å². The van der Waals surface area contributed by atoms with Gasteiger partial charge in [-0.15, -0.1) is 11.3 Å². The third-order valence-electron chi connectivity index (χ3n) is 2.14. The molecule has 0 aliphatic rings. The van der Waals surface area contributed by atoms with Gasteiger partial charge in [0.25, 0.3) is 0 Å². The molecule has 0 aliphatic carbocycles. The van der Waals surface area contributed by atoms with E-state index in [-0.39, 0.29) is 0 Å². The second-order valence-corrected chi connectivity index (χ2v) is 5.15. The Hall–Kier alpha value is -0.650. The smallest absolute Gasteiger partial charge is 0.187 e. The van der Waals surface area contributed by atoms with Crippen molar-refractivity contribution >= 4 is 40.5 Å². The normalized spacial score (nSPS) is 10.6. The van der Waals surface area contributed by atoms with Crippen LogP contribution in [0.5, 0.6) is 0 Å². The van der Waals surface area contributed by atoms with E-state index in [0.717, 1.165) is 24.1 Å². The molecule has 0 aliphatic heterocycles. The molecular formula is C9H10ClN3S2. The number of anilines is 1. The van der Waals surface area contributed by atoms with Gasteiger partial charge in [-0.1, -0.05) is 11.6 Å². The fourth-order valence-electron chi connectivity index (χ4n) is 1.26. The van der Waals surface area contributed by atoms with Crippen molar-refractivity contribution < 1.29 is 0 Å². The molecule has 2 heterocycles. The third-order valence-corrected chi connectivity index (χ3v) is 4.02. The van der Waals surface area contributed by atoms with E-state index in [1.807, 2.05) is 11.9 Å². The summed E-state index contributed by atoms with van der Waals surface area (Å²) in [4.78, 5) is 3.35. The zero-order valence-electron chi connectivity index (χ0n) is 8.40. The first kappa shape index (κ1) is 10.9. The standard InChI is InChI=1S/C9H10ClN3S2/c1-6-3-4-14-7(6)5-13(2)9-8(10)11-15-12-9/h3-4H,5H2,1-2H3. The van der Waals surface area contributed by atoms with Crippen LogP contribution in [0, 0.1) is 6.92 Å². The monoisotopic (exact) mass is 259 g/mol. The van der Waals surface area contributed by atoms with Crippen LogP contribution in [0.4, 0.5) is 5.82 Å². The molecule has 0 unspecified atom stereocenters. The molecule has 0 amide bonds. The van der Waals surface area contributed by atoms with Gasteiger partial charge >= 0.3 is 0 Å². The van der Waals surface area contributed by atoms with Gasteiger partial charge in [0.15, 0.2) is 11.0 Å². The molecule has 6 heteroatoms. The molecular weight excluding hydrogens is 250 g/mol. The van der Waals surface area contributed by atoms with Crippen molar-refractivity contribution in [2.75, 3.05) is 11.9 Å². The topological polar surface area (TPSA) is 29.0 Å². The van der Waals surface area contributed by atoms with Gasteiger partial charge in [0.05, 0.1) is 18.3 Å². The molecule has 0 fully saturated rings. The molecule has 2 aromatic rings. The lowest BCUT2D eigenvalue weighted by atomic mass is 10.3. The van der Waals surface area contributed by atoms with E-state index < -0.39 is 0 Å². The highest BCUT2D eigenvalue weighted by Gasteiger charge is 2.12. The van der Waals surface area contributed by atoms with Crippen molar-refractivity contribution in [1.82, 2.24) is 8.75 Å². The van der Waals surface area contributed by atoms with Crippen molar-refractivity contribution in [2.24, 2.45) is 0 Å². The molecule has 0 saturated heterocycles. The van der Waals surface area contributed by atoms with Gasteiger partial charge in [-0.05, 0) is 23.9 Å². The second-order valence-electron chi connectivity index (χ2n) is 3.26. The van der Waals surface area contributed by atoms with Crippen molar-refractivity contribution in [3.05, 3.63) is 27.0 Å². The molecule has 0 atom stereocenters. The Labute approximate surface area is 102 Å². The summed E-state index contributed by atoms with van der Waals surface area (Å²) in [5.74, 6) is 0.759. The summed E-state index contributed by atoms with van der Waals surface area (Å²) in [6.07, 6.45) is 0. The Morgan fingerprint density at radius 3 is 2.80 bits per heavy atom. The summed E-state index contributed by atoms with van der Waals surface area (Å²) in [6, 6.07) is 2.12. The molecule has 0 bridgehead atoms. The molecule has 2 aromatic heterocycles. The molecule has 0 aromatic carbocycles. The zero-order valence-corrected chi connectivity index (χ0v) is 10.8. The van der Waals surface area contributed by atoms with Crippen LogP contribution in [0.15, 0.2) is 11.4 Å². The van der Waals surface area contributed by atoms with Crippen LogP contribution >= 0.6 is 34.7 Å². The van der Waals surface area contributed by atoms with Crippen LogP contribution < -0.4 is 4.90 Å². The van der Waals surface area contributed by atoms with Gasteiger partial charge in [0, 0.05) is 11.9 Å². The lowest BCUT2D eigenvalue weighted by Gasteiger charge is -2.15. The minimum Gasteiger partial charge on any atom is -0.351 e.